The molecule has 0 aliphatic carbocycles. The third-order valence-electron chi connectivity index (χ3n) is 4.66. The van der Waals surface area contributed by atoms with Crippen LogP contribution < -0.4 is 0 Å². The van der Waals surface area contributed by atoms with Gasteiger partial charge in [-0.05, 0) is 39.5 Å². The van der Waals surface area contributed by atoms with Gasteiger partial charge in [-0.1, -0.05) is 0 Å². The minimum Gasteiger partial charge on any atom is -0.444 e. The SMILES string of the molecule is CC(C)(C)OC(=O)N1CCC(CN2CCN(CCO)CC2)CC1. The number of β-amino-alcohol motifs (C(OH)–C–C–N with tert-alkyl or cyclic N) is 1. The average molecular weight is 327 g/mol. The van der Waals surface area contributed by atoms with Crippen molar-refractivity contribution in [2.45, 2.75) is 39.2 Å². The van der Waals surface area contributed by atoms with Gasteiger partial charge in [0.2, 0.25) is 0 Å². The summed E-state index contributed by atoms with van der Waals surface area (Å²) in [6.45, 7) is 13.8. The van der Waals surface area contributed by atoms with Crippen molar-refractivity contribution >= 4 is 6.09 Å². The zero-order valence-corrected chi connectivity index (χ0v) is 15.0. The van der Waals surface area contributed by atoms with Crippen LogP contribution in [0.25, 0.3) is 0 Å². The van der Waals surface area contributed by atoms with Crippen molar-refractivity contribution in [3.8, 4) is 0 Å². The Morgan fingerprint density at radius 2 is 1.61 bits per heavy atom. The van der Waals surface area contributed by atoms with Gasteiger partial charge in [0, 0.05) is 52.4 Å². The summed E-state index contributed by atoms with van der Waals surface area (Å²) in [4.78, 5) is 18.8. The van der Waals surface area contributed by atoms with Crippen LogP contribution >= 0.6 is 0 Å². The molecule has 0 aromatic carbocycles. The maximum absolute atomic E-state index is 12.1. The van der Waals surface area contributed by atoms with Gasteiger partial charge < -0.3 is 19.6 Å². The maximum atomic E-state index is 12.1. The molecule has 2 fully saturated rings. The number of ether oxygens (including phenoxy) is 1. The fourth-order valence-electron chi connectivity index (χ4n) is 3.33. The largest absolute Gasteiger partial charge is 0.444 e. The molecule has 0 saturated carbocycles. The molecule has 0 unspecified atom stereocenters. The van der Waals surface area contributed by atoms with Crippen LogP contribution in [0.4, 0.5) is 4.79 Å². The Morgan fingerprint density at radius 3 is 2.13 bits per heavy atom. The van der Waals surface area contributed by atoms with Crippen LogP contribution in [0, 0.1) is 5.92 Å². The molecule has 134 valence electrons. The van der Waals surface area contributed by atoms with E-state index in [-0.39, 0.29) is 12.7 Å². The molecule has 0 bridgehead atoms. The summed E-state index contributed by atoms with van der Waals surface area (Å²) in [6, 6.07) is 0. The summed E-state index contributed by atoms with van der Waals surface area (Å²) >= 11 is 0. The third-order valence-corrected chi connectivity index (χ3v) is 4.66. The Morgan fingerprint density at radius 1 is 1.04 bits per heavy atom. The number of hydrogen-bond donors (Lipinski definition) is 1. The molecule has 6 nitrogen and oxygen atoms in total. The average Bonchev–Trinajstić information content (AvgIpc) is 2.48. The predicted octanol–water partition coefficient (Wildman–Crippen LogP) is 1.24. The maximum Gasteiger partial charge on any atom is 0.410 e. The zero-order valence-electron chi connectivity index (χ0n) is 15.0. The number of piperazine rings is 1. The monoisotopic (exact) mass is 327 g/mol. The Labute approximate surface area is 140 Å². The first kappa shape index (κ1) is 18.5. The van der Waals surface area contributed by atoms with E-state index in [1.54, 1.807) is 0 Å². The van der Waals surface area contributed by atoms with Gasteiger partial charge in [0.1, 0.15) is 5.60 Å². The van der Waals surface area contributed by atoms with Gasteiger partial charge in [0.15, 0.2) is 0 Å². The molecule has 23 heavy (non-hydrogen) atoms. The number of carbonyl (C=O) groups excluding carboxylic acids is 1. The van der Waals surface area contributed by atoms with Crippen LogP contribution in [-0.2, 0) is 4.74 Å². The molecule has 1 amide bonds. The Bertz CT molecular complexity index is 368. The standard InChI is InChI=1S/C17H33N3O3/c1-17(2,3)23-16(22)20-6-4-15(5-7-20)14-19-10-8-18(9-11-19)12-13-21/h15,21H,4-14H2,1-3H3. The second kappa shape index (κ2) is 8.31. The quantitative estimate of drug-likeness (QED) is 0.842. The number of nitrogens with zero attached hydrogens (tertiary/aromatic N) is 3. The number of hydrogen-bond acceptors (Lipinski definition) is 5. The molecule has 0 aromatic heterocycles. The lowest BCUT2D eigenvalue weighted by Gasteiger charge is -2.38. The van der Waals surface area contributed by atoms with Gasteiger partial charge in [-0.3, -0.25) is 4.90 Å². The molecule has 1 N–H and O–H groups in total. The topological polar surface area (TPSA) is 56.2 Å². The van der Waals surface area contributed by atoms with Gasteiger partial charge in [-0.25, -0.2) is 4.79 Å². The van der Waals surface area contributed by atoms with Crippen LogP contribution in [0.15, 0.2) is 0 Å². The van der Waals surface area contributed by atoms with Crippen molar-refractivity contribution in [3.63, 3.8) is 0 Å². The molecular weight excluding hydrogens is 294 g/mol. The number of rotatable bonds is 4. The molecule has 2 saturated heterocycles. The highest BCUT2D eigenvalue weighted by Gasteiger charge is 2.28. The first-order valence-electron chi connectivity index (χ1n) is 8.91. The minimum absolute atomic E-state index is 0.173. The van der Waals surface area contributed by atoms with Crippen LogP contribution in [0.1, 0.15) is 33.6 Å². The Kier molecular flexibility index (Phi) is 6.68. The van der Waals surface area contributed by atoms with Crippen molar-refractivity contribution < 1.29 is 14.6 Å². The smallest absolute Gasteiger partial charge is 0.410 e. The summed E-state index contributed by atoms with van der Waals surface area (Å²) < 4.78 is 5.45. The predicted molar refractivity (Wildman–Crippen MR) is 90.5 cm³/mol. The molecule has 0 aromatic rings. The molecule has 2 heterocycles. The second-order valence-corrected chi connectivity index (χ2v) is 7.78. The second-order valence-electron chi connectivity index (χ2n) is 7.78. The van der Waals surface area contributed by atoms with E-state index in [2.05, 4.69) is 9.80 Å². The molecule has 2 rings (SSSR count). The van der Waals surface area contributed by atoms with Crippen molar-refractivity contribution in [3.05, 3.63) is 0 Å². The lowest BCUT2D eigenvalue weighted by molar-refractivity contribution is 0.0158. The van der Waals surface area contributed by atoms with E-state index in [0.717, 1.165) is 65.2 Å². The summed E-state index contributed by atoms with van der Waals surface area (Å²) in [7, 11) is 0. The summed E-state index contributed by atoms with van der Waals surface area (Å²) in [5.41, 5.74) is -0.415. The van der Waals surface area contributed by atoms with Gasteiger partial charge in [-0.15, -0.1) is 0 Å². The van der Waals surface area contributed by atoms with E-state index >= 15 is 0 Å². The molecule has 2 aliphatic heterocycles. The van der Waals surface area contributed by atoms with Crippen molar-refractivity contribution in [1.29, 1.82) is 0 Å². The number of aliphatic hydroxyl groups is 1. The fraction of sp³-hybridized carbons (Fsp3) is 0.941. The zero-order chi connectivity index (χ0) is 16.9. The highest BCUT2D eigenvalue weighted by Crippen LogP contribution is 2.21. The van der Waals surface area contributed by atoms with Crippen LogP contribution in [0.2, 0.25) is 0 Å². The normalized spacial score (nSPS) is 22.3. The summed E-state index contributed by atoms with van der Waals surface area (Å²) in [6.07, 6.45) is 1.96. The van der Waals surface area contributed by atoms with Crippen molar-refractivity contribution in [2.75, 3.05) is 59.0 Å². The number of aliphatic hydroxyl groups excluding tert-OH is 1. The highest BCUT2D eigenvalue weighted by atomic mass is 16.6. The Balaban J connectivity index is 1.66. The molecule has 6 heteroatoms. The van der Waals surface area contributed by atoms with E-state index < -0.39 is 5.60 Å². The number of likely N-dealkylation sites (tertiary alicyclic amines) is 1. The summed E-state index contributed by atoms with van der Waals surface area (Å²) in [5, 5.41) is 8.99. The van der Waals surface area contributed by atoms with Gasteiger partial charge in [0.05, 0.1) is 6.61 Å². The number of carbonyl (C=O) groups is 1. The fourth-order valence-corrected chi connectivity index (χ4v) is 3.33. The lowest BCUT2D eigenvalue weighted by atomic mass is 9.96. The van der Waals surface area contributed by atoms with Crippen LogP contribution in [0.3, 0.4) is 0 Å². The van der Waals surface area contributed by atoms with Gasteiger partial charge in [0.25, 0.3) is 0 Å². The van der Waals surface area contributed by atoms with E-state index in [0.29, 0.717) is 5.92 Å². The van der Waals surface area contributed by atoms with Crippen LogP contribution in [0.5, 0.6) is 0 Å². The Hall–Kier alpha value is -0.850. The first-order valence-corrected chi connectivity index (χ1v) is 8.91. The lowest BCUT2D eigenvalue weighted by Crippen LogP contribution is -2.49. The summed E-state index contributed by atoms with van der Waals surface area (Å²) in [5.74, 6) is 0.679. The first-order chi connectivity index (χ1) is 10.9. The highest BCUT2D eigenvalue weighted by molar-refractivity contribution is 5.68. The van der Waals surface area contributed by atoms with Crippen molar-refractivity contribution in [1.82, 2.24) is 14.7 Å². The molecule has 0 spiro atoms. The number of amides is 1. The van der Waals surface area contributed by atoms with E-state index in [9.17, 15) is 4.79 Å². The molecule has 0 atom stereocenters. The van der Waals surface area contributed by atoms with E-state index in [1.807, 2.05) is 25.7 Å². The molecule has 2 aliphatic rings. The molecular formula is C17H33N3O3. The third kappa shape index (κ3) is 6.28. The van der Waals surface area contributed by atoms with Gasteiger partial charge in [-0.2, -0.15) is 0 Å². The number of piperidine rings is 1. The van der Waals surface area contributed by atoms with Crippen LogP contribution in [-0.4, -0.2) is 90.5 Å². The molecule has 0 radical (unpaired) electrons. The van der Waals surface area contributed by atoms with Crippen molar-refractivity contribution in [2.24, 2.45) is 5.92 Å². The van der Waals surface area contributed by atoms with E-state index in [1.165, 1.54) is 0 Å². The van der Waals surface area contributed by atoms with Gasteiger partial charge >= 0.3 is 6.09 Å². The van der Waals surface area contributed by atoms with E-state index in [4.69, 9.17) is 9.84 Å². The minimum atomic E-state index is -0.415.